The highest BCUT2D eigenvalue weighted by molar-refractivity contribution is 7.08. The normalized spacial score (nSPS) is 12.6. The summed E-state index contributed by atoms with van der Waals surface area (Å²) in [6.07, 6.45) is 0. The minimum Gasteiger partial charge on any atom is -0.493 e. The fourth-order valence-electron chi connectivity index (χ4n) is 2.06. The van der Waals surface area contributed by atoms with Crippen LogP contribution in [0.2, 0.25) is 0 Å². The smallest absolute Gasteiger partial charge is 0.119 e. The Hall–Kier alpha value is -1.32. The third-order valence-corrected chi connectivity index (χ3v) is 4.43. The predicted octanol–water partition coefficient (Wildman–Crippen LogP) is 4.94. The van der Waals surface area contributed by atoms with E-state index in [4.69, 9.17) is 4.74 Å². The lowest BCUT2D eigenvalue weighted by Gasteiger charge is -2.15. The van der Waals surface area contributed by atoms with Gasteiger partial charge in [0.15, 0.2) is 0 Å². The van der Waals surface area contributed by atoms with E-state index >= 15 is 0 Å². The Morgan fingerprint density at radius 1 is 1.10 bits per heavy atom. The summed E-state index contributed by atoms with van der Waals surface area (Å²) in [6.45, 7) is 10.4. The molecule has 0 aliphatic heterocycles. The third kappa shape index (κ3) is 4.87. The van der Waals surface area contributed by atoms with E-state index in [9.17, 15) is 0 Å². The Morgan fingerprint density at radius 2 is 1.81 bits per heavy atom. The molecular formula is C18H25NOS. The second kappa shape index (κ2) is 7.62. The number of rotatable bonds is 7. The molecule has 1 aromatic heterocycles. The van der Waals surface area contributed by atoms with Crippen LogP contribution in [0, 0.1) is 12.8 Å². The number of aryl methyl sites for hydroxylation is 1. The molecule has 0 saturated carbocycles. The van der Waals surface area contributed by atoms with Crippen LogP contribution < -0.4 is 10.1 Å². The van der Waals surface area contributed by atoms with Gasteiger partial charge in [-0.05, 0) is 59.3 Å². The highest BCUT2D eigenvalue weighted by Crippen LogP contribution is 2.20. The van der Waals surface area contributed by atoms with Crippen LogP contribution in [0.25, 0.3) is 0 Å². The molecule has 0 radical (unpaired) electrons. The first-order valence-corrected chi connectivity index (χ1v) is 8.48. The van der Waals surface area contributed by atoms with Crippen LogP contribution in [-0.2, 0) is 6.54 Å². The lowest BCUT2D eigenvalue weighted by atomic mass is 10.1. The molecule has 0 bridgehead atoms. The fourth-order valence-corrected chi connectivity index (χ4v) is 2.92. The summed E-state index contributed by atoms with van der Waals surface area (Å²) in [5.41, 5.74) is 4.06. The highest BCUT2D eigenvalue weighted by Gasteiger charge is 2.07. The summed E-state index contributed by atoms with van der Waals surface area (Å²) in [5, 5.41) is 7.99. The number of ether oxygens (including phenoxy) is 1. The van der Waals surface area contributed by atoms with E-state index < -0.39 is 0 Å². The summed E-state index contributed by atoms with van der Waals surface area (Å²) in [4.78, 5) is 0. The number of hydrogen-bond donors (Lipinski definition) is 1. The Labute approximate surface area is 132 Å². The van der Waals surface area contributed by atoms with Gasteiger partial charge in [-0.3, -0.25) is 0 Å². The first kappa shape index (κ1) is 16.1. The molecule has 0 amide bonds. The van der Waals surface area contributed by atoms with Crippen LogP contribution in [0.1, 0.15) is 43.5 Å². The molecule has 2 aromatic rings. The van der Waals surface area contributed by atoms with Crippen molar-refractivity contribution in [3.63, 3.8) is 0 Å². The van der Waals surface area contributed by atoms with E-state index in [1.807, 2.05) is 0 Å². The van der Waals surface area contributed by atoms with E-state index in [0.717, 1.165) is 18.9 Å². The SMILES string of the molecule is Cc1cscc1CNC(C)c1ccc(OCC(C)C)cc1. The zero-order valence-corrected chi connectivity index (χ0v) is 14.2. The van der Waals surface area contributed by atoms with Crippen molar-refractivity contribution in [3.05, 3.63) is 51.7 Å². The van der Waals surface area contributed by atoms with Crippen molar-refractivity contribution in [2.24, 2.45) is 5.92 Å². The molecule has 0 aliphatic carbocycles. The van der Waals surface area contributed by atoms with Gasteiger partial charge in [0.2, 0.25) is 0 Å². The van der Waals surface area contributed by atoms with Crippen molar-refractivity contribution in [2.75, 3.05) is 6.61 Å². The standard InChI is InChI=1S/C18H25NOS/c1-13(2)10-20-18-7-5-16(6-8-18)15(4)19-9-17-12-21-11-14(17)3/h5-8,11-13,15,19H,9-10H2,1-4H3. The second-order valence-electron chi connectivity index (χ2n) is 5.96. The summed E-state index contributed by atoms with van der Waals surface area (Å²) in [5.74, 6) is 1.51. The van der Waals surface area contributed by atoms with Crippen LogP contribution in [0.15, 0.2) is 35.0 Å². The fraction of sp³-hybridized carbons (Fsp3) is 0.444. The number of hydrogen-bond acceptors (Lipinski definition) is 3. The molecule has 0 aliphatic rings. The molecular weight excluding hydrogens is 278 g/mol. The molecule has 3 heteroatoms. The van der Waals surface area contributed by atoms with Crippen LogP contribution in [-0.4, -0.2) is 6.61 Å². The average molecular weight is 303 g/mol. The predicted molar refractivity (Wildman–Crippen MR) is 91.1 cm³/mol. The maximum atomic E-state index is 5.72. The van der Waals surface area contributed by atoms with Gasteiger partial charge in [-0.2, -0.15) is 11.3 Å². The topological polar surface area (TPSA) is 21.3 Å². The molecule has 114 valence electrons. The largest absolute Gasteiger partial charge is 0.493 e. The van der Waals surface area contributed by atoms with Crippen LogP contribution in [0.4, 0.5) is 0 Å². The van der Waals surface area contributed by atoms with E-state index in [2.05, 4.69) is 68.0 Å². The summed E-state index contributed by atoms with van der Waals surface area (Å²) >= 11 is 1.77. The van der Waals surface area contributed by atoms with Crippen molar-refractivity contribution in [3.8, 4) is 5.75 Å². The van der Waals surface area contributed by atoms with Gasteiger partial charge in [0.1, 0.15) is 5.75 Å². The Balaban J connectivity index is 1.87. The zero-order valence-electron chi connectivity index (χ0n) is 13.3. The molecule has 1 heterocycles. The quantitative estimate of drug-likeness (QED) is 0.782. The Bertz CT molecular complexity index is 545. The number of thiophene rings is 1. The first-order chi connectivity index (χ1) is 10.1. The van der Waals surface area contributed by atoms with Crippen LogP contribution >= 0.6 is 11.3 Å². The van der Waals surface area contributed by atoms with Gasteiger partial charge in [0.25, 0.3) is 0 Å². The molecule has 21 heavy (non-hydrogen) atoms. The number of benzene rings is 1. The van der Waals surface area contributed by atoms with Gasteiger partial charge < -0.3 is 10.1 Å². The minimum absolute atomic E-state index is 0.337. The lowest BCUT2D eigenvalue weighted by molar-refractivity contribution is 0.271. The van der Waals surface area contributed by atoms with Crippen LogP contribution in [0.3, 0.4) is 0 Å². The molecule has 1 N–H and O–H groups in total. The number of nitrogens with one attached hydrogen (secondary N) is 1. The molecule has 1 aromatic carbocycles. The molecule has 1 unspecified atom stereocenters. The summed E-state index contributed by atoms with van der Waals surface area (Å²) in [7, 11) is 0. The zero-order chi connectivity index (χ0) is 15.2. The molecule has 0 spiro atoms. The van der Waals surface area contributed by atoms with E-state index in [-0.39, 0.29) is 0 Å². The van der Waals surface area contributed by atoms with Crippen molar-refractivity contribution in [1.29, 1.82) is 0 Å². The molecule has 2 nitrogen and oxygen atoms in total. The maximum absolute atomic E-state index is 5.72. The van der Waals surface area contributed by atoms with E-state index in [0.29, 0.717) is 12.0 Å². The van der Waals surface area contributed by atoms with Gasteiger partial charge in [0, 0.05) is 12.6 Å². The third-order valence-electron chi connectivity index (χ3n) is 3.52. The Morgan fingerprint density at radius 3 is 2.38 bits per heavy atom. The Kier molecular flexibility index (Phi) is 5.83. The van der Waals surface area contributed by atoms with Gasteiger partial charge in [-0.1, -0.05) is 26.0 Å². The van der Waals surface area contributed by atoms with Gasteiger partial charge in [0.05, 0.1) is 6.61 Å². The average Bonchev–Trinajstić information content (AvgIpc) is 2.88. The van der Waals surface area contributed by atoms with Gasteiger partial charge in [-0.15, -0.1) is 0 Å². The van der Waals surface area contributed by atoms with E-state index in [1.165, 1.54) is 16.7 Å². The van der Waals surface area contributed by atoms with Crippen LogP contribution in [0.5, 0.6) is 5.75 Å². The van der Waals surface area contributed by atoms with Crippen molar-refractivity contribution >= 4 is 11.3 Å². The first-order valence-electron chi connectivity index (χ1n) is 7.54. The molecule has 0 fully saturated rings. The molecule has 2 rings (SSSR count). The van der Waals surface area contributed by atoms with Crippen molar-refractivity contribution < 1.29 is 4.74 Å². The lowest BCUT2D eigenvalue weighted by Crippen LogP contribution is -2.18. The molecule has 0 saturated heterocycles. The summed E-state index contributed by atoms with van der Waals surface area (Å²) < 4.78 is 5.72. The highest BCUT2D eigenvalue weighted by atomic mass is 32.1. The maximum Gasteiger partial charge on any atom is 0.119 e. The van der Waals surface area contributed by atoms with Gasteiger partial charge >= 0.3 is 0 Å². The second-order valence-corrected chi connectivity index (χ2v) is 6.70. The monoisotopic (exact) mass is 303 g/mol. The van der Waals surface area contributed by atoms with E-state index in [1.54, 1.807) is 11.3 Å². The molecule has 1 atom stereocenters. The van der Waals surface area contributed by atoms with Crippen molar-refractivity contribution in [2.45, 2.75) is 40.3 Å². The van der Waals surface area contributed by atoms with Gasteiger partial charge in [-0.25, -0.2) is 0 Å². The minimum atomic E-state index is 0.337. The summed E-state index contributed by atoms with van der Waals surface area (Å²) in [6, 6.07) is 8.75. The van der Waals surface area contributed by atoms with Crippen molar-refractivity contribution in [1.82, 2.24) is 5.32 Å².